The molecule has 1 saturated carbocycles. The minimum atomic E-state index is 0.429. The van der Waals surface area contributed by atoms with Crippen LogP contribution in [0.15, 0.2) is 12.4 Å². The van der Waals surface area contributed by atoms with E-state index in [1.54, 1.807) is 0 Å². The van der Waals surface area contributed by atoms with Crippen molar-refractivity contribution in [2.75, 3.05) is 6.26 Å². The maximum absolute atomic E-state index is 5.25. The summed E-state index contributed by atoms with van der Waals surface area (Å²) in [5, 5.41) is 0. The van der Waals surface area contributed by atoms with Gasteiger partial charge in [-0.05, 0) is 31.3 Å². The molecule has 1 aromatic heterocycles. The first-order valence-corrected chi connectivity index (χ1v) is 7.18. The minimum Gasteiger partial charge on any atom is -0.337 e. The highest BCUT2D eigenvalue weighted by Gasteiger charge is 2.31. The maximum atomic E-state index is 5.25. The molecule has 84 valence electrons. The molecule has 0 saturated heterocycles. The van der Waals surface area contributed by atoms with E-state index in [0.717, 1.165) is 11.3 Å². The van der Waals surface area contributed by atoms with Gasteiger partial charge in [-0.15, -0.1) is 0 Å². The van der Waals surface area contributed by atoms with Crippen molar-refractivity contribution in [1.82, 2.24) is 9.55 Å². The lowest BCUT2D eigenvalue weighted by atomic mass is 9.88. The number of hydrogen-bond donors (Lipinski definition) is 1. The third-order valence-corrected chi connectivity index (χ3v) is 5.13. The van der Waals surface area contributed by atoms with Crippen LogP contribution in [-0.2, 0) is 6.54 Å². The second-order valence-corrected chi connectivity index (χ2v) is 6.00. The van der Waals surface area contributed by atoms with Gasteiger partial charge in [0.15, 0.2) is 4.77 Å². The van der Waals surface area contributed by atoms with E-state index in [2.05, 4.69) is 22.0 Å². The average molecular weight is 242 g/mol. The minimum absolute atomic E-state index is 0.429. The van der Waals surface area contributed by atoms with Gasteiger partial charge >= 0.3 is 0 Å². The lowest BCUT2D eigenvalue weighted by Gasteiger charge is -2.35. The third kappa shape index (κ3) is 2.48. The first-order chi connectivity index (χ1) is 7.26. The smallest absolute Gasteiger partial charge is 0.177 e. The molecule has 2 rings (SSSR count). The van der Waals surface area contributed by atoms with Gasteiger partial charge in [0.25, 0.3) is 0 Å². The van der Waals surface area contributed by atoms with Gasteiger partial charge in [-0.2, -0.15) is 11.8 Å². The molecule has 1 fully saturated rings. The van der Waals surface area contributed by atoms with Crippen LogP contribution >= 0.6 is 24.0 Å². The first kappa shape index (κ1) is 11.3. The number of aromatic nitrogens is 2. The van der Waals surface area contributed by atoms with Crippen LogP contribution in [0.4, 0.5) is 0 Å². The summed E-state index contributed by atoms with van der Waals surface area (Å²) in [4.78, 5) is 3.07. The topological polar surface area (TPSA) is 20.7 Å². The summed E-state index contributed by atoms with van der Waals surface area (Å²) in [7, 11) is 0. The third-order valence-electron chi connectivity index (χ3n) is 3.38. The van der Waals surface area contributed by atoms with Crippen molar-refractivity contribution in [3.63, 3.8) is 0 Å². The Morgan fingerprint density at radius 3 is 2.73 bits per heavy atom. The van der Waals surface area contributed by atoms with Crippen LogP contribution in [0.25, 0.3) is 0 Å². The zero-order valence-corrected chi connectivity index (χ0v) is 10.8. The Hall–Kier alpha value is -0.220. The van der Waals surface area contributed by atoms with E-state index in [1.807, 2.05) is 18.0 Å². The second kappa shape index (κ2) is 4.74. The first-order valence-electron chi connectivity index (χ1n) is 5.55. The maximum Gasteiger partial charge on any atom is 0.177 e. The molecule has 0 aliphatic heterocycles. The zero-order valence-electron chi connectivity index (χ0n) is 9.16. The van der Waals surface area contributed by atoms with E-state index in [9.17, 15) is 0 Å². The van der Waals surface area contributed by atoms with Crippen LogP contribution in [0.2, 0.25) is 0 Å². The lowest BCUT2D eigenvalue weighted by Crippen LogP contribution is -2.32. The molecule has 1 aromatic rings. The van der Waals surface area contributed by atoms with Gasteiger partial charge < -0.3 is 9.55 Å². The van der Waals surface area contributed by atoms with Crippen LogP contribution in [0.3, 0.4) is 0 Å². The van der Waals surface area contributed by atoms with Gasteiger partial charge in [-0.25, -0.2) is 0 Å². The van der Waals surface area contributed by atoms with E-state index in [4.69, 9.17) is 12.2 Å². The summed E-state index contributed by atoms with van der Waals surface area (Å²) in [6, 6.07) is 0. The predicted octanol–water partition coefficient (Wildman–Crippen LogP) is 3.61. The number of thioether (sulfide) groups is 1. The molecule has 1 N–H and O–H groups in total. The molecule has 15 heavy (non-hydrogen) atoms. The van der Waals surface area contributed by atoms with E-state index in [0.29, 0.717) is 4.75 Å². The van der Waals surface area contributed by atoms with Gasteiger partial charge in [-0.3, -0.25) is 0 Å². The number of H-pyrrole nitrogens is 1. The van der Waals surface area contributed by atoms with E-state index < -0.39 is 0 Å². The lowest BCUT2D eigenvalue weighted by molar-refractivity contribution is 0.357. The van der Waals surface area contributed by atoms with E-state index >= 15 is 0 Å². The standard InChI is InChI=1S/C11H18N2S2/c1-15-11(5-3-2-4-6-11)9-13-8-7-12-10(13)14/h7-8H,2-6,9H2,1H3,(H,12,14). The van der Waals surface area contributed by atoms with Gasteiger partial charge in [-0.1, -0.05) is 19.3 Å². The molecule has 0 unspecified atom stereocenters. The van der Waals surface area contributed by atoms with Gasteiger partial charge in [0.05, 0.1) is 0 Å². The Kier molecular flexibility index (Phi) is 3.57. The summed E-state index contributed by atoms with van der Waals surface area (Å²) in [5.41, 5.74) is 0. The Morgan fingerprint density at radius 2 is 2.20 bits per heavy atom. The average Bonchev–Trinajstić information content (AvgIpc) is 2.66. The fraction of sp³-hybridized carbons (Fsp3) is 0.727. The number of imidazole rings is 1. The summed E-state index contributed by atoms with van der Waals surface area (Å²) in [6.07, 6.45) is 13.1. The number of aromatic amines is 1. The Morgan fingerprint density at radius 1 is 1.47 bits per heavy atom. The second-order valence-electron chi connectivity index (χ2n) is 4.34. The highest BCUT2D eigenvalue weighted by molar-refractivity contribution is 8.00. The molecule has 0 radical (unpaired) electrons. The van der Waals surface area contributed by atoms with Gasteiger partial charge in [0.1, 0.15) is 0 Å². The molecule has 0 aromatic carbocycles. The molecule has 2 nitrogen and oxygen atoms in total. The van der Waals surface area contributed by atoms with Crippen LogP contribution in [0.5, 0.6) is 0 Å². The SMILES string of the molecule is CSC1(Cn2cc[nH]c2=S)CCCCC1. The molecule has 1 aliphatic carbocycles. The van der Waals surface area contributed by atoms with Crippen LogP contribution in [0.1, 0.15) is 32.1 Å². The number of rotatable bonds is 3. The van der Waals surface area contributed by atoms with Crippen molar-refractivity contribution in [2.45, 2.75) is 43.4 Å². The van der Waals surface area contributed by atoms with Crippen molar-refractivity contribution in [3.8, 4) is 0 Å². The number of nitrogens with zero attached hydrogens (tertiary/aromatic N) is 1. The molecule has 0 bridgehead atoms. The predicted molar refractivity (Wildman–Crippen MR) is 68.9 cm³/mol. The molecule has 0 atom stereocenters. The number of nitrogens with one attached hydrogen (secondary N) is 1. The summed E-state index contributed by atoms with van der Waals surface area (Å²) >= 11 is 7.27. The van der Waals surface area contributed by atoms with Crippen LogP contribution in [-0.4, -0.2) is 20.6 Å². The fourth-order valence-corrected chi connectivity index (χ4v) is 3.57. The van der Waals surface area contributed by atoms with E-state index in [1.165, 1.54) is 32.1 Å². The monoisotopic (exact) mass is 242 g/mol. The molecule has 1 aliphatic rings. The summed E-state index contributed by atoms with van der Waals surface area (Å²) in [5.74, 6) is 0. The van der Waals surface area contributed by atoms with Crippen LogP contribution < -0.4 is 0 Å². The molecular weight excluding hydrogens is 224 g/mol. The van der Waals surface area contributed by atoms with Crippen molar-refractivity contribution >= 4 is 24.0 Å². The molecular formula is C11H18N2S2. The summed E-state index contributed by atoms with van der Waals surface area (Å²) < 4.78 is 3.46. The zero-order chi connectivity index (χ0) is 10.7. The molecule has 0 amide bonds. The van der Waals surface area contributed by atoms with Crippen molar-refractivity contribution in [3.05, 3.63) is 17.2 Å². The van der Waals surface area contributed by atoms with Crippen molar-refractivity contribution in [2.24, 2.45) is 0 Å². The van der Waals surface area contributed by atoms with Crippen molar-refractivity contribution < 1.29 is 0 Å². The molecule has 4 heteroatoms. The molecule has 0 spiro atoms. The largest absolute Gasteiger partial charge is 0.337 e. The normalized spacial score (nSPS) is 20.3. The quantitative estimate of drug-likeness (QED) is 0.817. The van der Waals surface area contributed by atoms with E-state index in [-0.39, 0.29) is 0 Å². The van der Waals surface area contributed by atoms with Gasteiger partial charge in [0.2, 0.25) is 0 Å². The highest BCUT2D eigenvalue weighted by atomic mass is 32.2. The Bertz CT molecular complexity index is 361. The Labute approximate surface area is 100 Å². The highest BCUT2D eigenvalue weighted by Crippen LogP contribution is 2.39. The molecule has 1 heterocycles. The fourth-order valence-electron chi connectivity index (χ4n) is 2.41. The summed E-state index contributed by atoms with van der Waals surface area (Å²) in [6.45, 7) is 1.07. The van der Waals surface area contributed by atoms with Crippen molar-refractivity contribution in [1.29, 1.82) is 0 Å². The number of hydrogen-bond acceptors (Lipinski definition) is 2. The van der Waals surface area contributed by atoms with Gasteiger partial charge in [0, 0.05) is 23.7 Å². The van der Waals surface area contributed by atoms with Crippen LogP contribution in [0, 0.1) is 4.77 Å². The Balaban J connectivity index is 2.14.